The maximum atomic E-state index is 6.23. The fourth-order valence-electron chi connectivity index (χ4n) is 2.59. The molecule has 100 valence electrons. The molecule has 20 heavy (non-hydrogen) atoms. The highest BCUT2D eigenvalue weighted by Gasteiger charge is 2.39. The fraction of sp³-hybridized carbons (Fsp3) is 0.267. The predicted octanol–water partition coefficient (Wildman–Crippen LogP) is 2.62. The van der Waals surface area contributed by atoms with Gasteiger partial charge in [0.1, 0.15) is 0 Å². The molecule has 1 aliphatic carbocycles. The Balaban J connectivity index is 1.83. The molecule has 2 heterocycles. The zero-order valence-electron chi connectivity index (χ0n) is 10.9. The van der Waals surface area contributed by atoms with Gasteiger partial charge in [-0.05, 0) is 31.4 Å². The van der Waals surface area contributed by atoms with E-state index in [1.54, 1.807) is 6.20 Å². The van der Waals surface area contributed by atoms with E-state index < -0.39 is 5.54 Å². The standard InChI is InChI=1S/C15H14N4O/c16-15(7-3-8-15)14-18-13(20-19-14)11-6-1-4-10-5-2-9-17-12(10)11/h1-2,4-6,9H,3,7-8,16H2. The van der Waals surface area contributed by atoms with E-state index in [1.165, 1.54) is 0 Å². The molecule has 0 amide bonds. The smallest absolute Gasteiger partial charge is 0.260 e. The summed E-state index contributed by atoms with van der Waals surface area (Å²) in [6, 6.07) is 9.84. The highest BCUT2D eigenvalue weighted by molar-refractivity contribution is 5.91. The van der Waals surface area contributed by atoms with Crippen LogP contribution in [0.3, 0.4) is 0 Å². The van der Waals surface area contributed by atoms with Crippen LogP contribution in [0.2, 0.25) is 0 Å². The van der Waals surface area contributed by atoms with Gasteiger partial charge in [-0.15, -0.1) is 0 Å². The number of fused-ring (bicyclic) bond motifs is 1. The van der Waals surface area contributed by atoms with E-state index in [0.717, 1.165) is 35.7 Å². The van der Waals surface area contributed by atoms with Crippen LogP contribution in [-0.4, -0.2) is 15.1 Å². The van der Waals surface area contributed by atoms with Crippen LogP contribution in [0.4, 0.5) is 0 Å². The molecule has 2 N–H and O–H groups in total. The van der Waals surface area contributed by atoms with E-state index in [0.29, 0.717) is 11.7 Å². The van der Waals surface area contributed by atoms with Crippen LogP contribution in [0.15, 0.2) is 41.1 Å². The molecule has 0 bridgehead atoms. The summed E-state index contributed by atoms with van der Waals surface area (Å²) in [5, 5.41) is 5.11. The average Bonchev–Trinajstić information content (AvgIpc) is 2.94. The van der Waals surface area contributed by atoms with Crippen molar-refractivity contribution in [3.63, 3.8) is 0 Å². The summed E-state index contributed by atoms with van der Waals surface area (Å²) in [5.41, 5.74) is 7.54. The van der Waals surface area contributed by atoms with Gasteiger partial charge in [0.2, 0.25) is 0 Å². The Labute approximate surface area is 115 Å². The van der Waals surface area contributed by atoms with E-state index in [2.05, 4.69) is 15.1 Å². The summed E-state index contributed by atoms with van der Waals surface area (Å²) in [4.78, 5) is 8.89. The highest BCUT2D eigenvalue weighted by atomic mass is 16.5. The largest absolute Gasteiger partial charge is 0.334 e. The van der Waals surface area contributed by atoms with Gasteiger partial charge in [-0.25, -0.2) is 0 Å². The lowest BCUT2D eigenvalue weighted by atomic mass is 9.77. The van der Waals surface area contributed by atoms with Crippen molar-refractivity contribution < 1.29 is 4.52 Å². The van der Waals surface area contributed by atoms with Crippen molar-refractivity contribution in [2.75, 3.05) is 0 Å². The van der Waals surface area contributed by atoms with Gasteiger partial charge in [-0.2, -0.15) is 4.98 Å². The third-order valence-corrected chi connectivity index (χ3v) is 3.98. The second-order valence-corrected chi connectivity index (χ2v) is 5.31. The molecule has 0 radical (unpaired) electrons. The molecule has 3 aromatic rings. The Kier molecular flexibility index (Phi) is 2.37. The van der Waals surface area contributed by atoms with Crippen LogP contribution in [0.1, 0.15) is 25.1 Å². The predicted molar refractivity (Wildman–Crippen MR) is 74.8 cm³/mol. The van der Waals surface area contributed by atoms with Crippen molar-refractivity contribution in [3.05, 3.63) is 42.4 Å². The molecule has 5 heteroatoms. The van der Waals surface area contributed by atoms with Gasteiger partial charge in [0.25, 0.3) is 5.89 Å². The second-order valence-electron chi connectivity index (χ2n) is 5.31. The van der Waals surface area contributed by atoms with Crippen molar-refractivity contribution in [1.82, 2.24) is 15.1 Å². The van der Waals surface area contributed by atoms with Crippen molar-refractivity contribution in [1.29, 1.82) is 0 Å². The molecule has 0 aliphatic heterocycles. The second kappa shape index (κ2) is 4.11. The number of hydrogen-bond acceptors (Lipinski definition) is 5. The molecule has 0 atom stereocenters. The molecule has 0 saturated heterocycles. The zero-order valence-corrected chi connectivity index (χ0v) is 10.9. The van der Waals surface area contributed by atoms with Crippen molar-refractivity contribution >= 4 is 10.9 Å². The topological polar surface area (TPSA) is 77.8 Å². The van der Waals surface area contributed by atoms with Crippen LogP contribution in [0, 0.1) is 0 Å². The minimum atomic E-state index is -0.403. The quantitative estimate of drug-likeness (QED) is 0.771. The Morgan fingerprint density at radius 2 is 2.00 bits per heavy atom. The number of pyridine rings is 1. The number of rotatable bonds is 2. The van der Waals surface area contributed by atoms with E-state index in [-0.39, 0.29) is 0 Å². The van der Waals surface area contributed by atoms with Gasteiger partial charge < -0.3 is 10.3 Å². The number of hydrogen-bond donors (Lipinski definition) is 1. The van der Waals surface area contributed by atoms with Crippen molar-refractivity contribution in [2.24, 2.45) is 5.73 Å². The van der Waals surface area contributed by atoms with Gasteiger partial charge in [0, 0.05) is 11.6 Å². The number of para-hydroxylation sites is 1. The van der Waals surface area contributed by atoms with E-state index in [4.69, 9.17) is 10.3 Å². The van der Waals surface area contributed by atoms with Crippen LogP contribution >= 0.6 is 0 Å². The molecule has 1 aromatic carbocycles. The summed E-state index contributed by atoms with van der Waals surface area (Å²) < 4.78 is 5.40. The first-order valence-electron chi connectivity index (χ1n) is 6.73. The Bertz CT molecular complexity index is 771. The lowest BCUT2D eigenvalue weighted by Gasteiger charge is -2.34. The Hall–Kier alpha value is -2.27. The fourth-order valence-corrected chi connectivity index (χ4v) is 2.59. The number of benzene rings is 1. The third-order valence-electron chi connectivity index (χ3n) is 3.98. The van der Waals surface area contributed by atoms with Crippen molar-refractivity contribution in [3.8, 4) is 11.5 Å². The van der Waals surface area contributed by atoms with Gasteiger partial charge in [-0.3, -0.25) is 4.98 Å². The van der Waals surface area contributed by atoms with Gasteiger partial charge in [-0.1, -0.05) is 23.4 Å². The van der Waals surface area contributed by atoms with Gasteiger partial charge in [0.15, 0.2) is 5.82 Å². The lowest BCUT2D eigenvalue weighted by molar-refractivity contribution is 0.229. The van der Waals surface area contributed by atoms with E-state index >= 15 is 0 Å². The van der Waals surface area contributed by atoms with Crippen molar-refractivity contribution in [2.45, 2.75) is 24.8 Å². The molecular formula is C15H14N4O. The average molecular weight is 266 g/mol. The molecule has 2 aromatic heterocycles. The molecule has 1 fully saturated rings. The molecule has 1 saturated carbocycles. The van der Waals surface area contributed by atoms with Gasteiger partial charge in [0.05, 0.1) is 16.6 Å². The first-order valence-corrected chi connectivity index (χ1v) is 6.73. The van der Waals surface area contributed by atoms with Crippen LogP contribution in [0.25, 0.3) is 22.4 Å². The minimum absolute atomic E-state index is 0.403. The van der Waals surface area contributed by atoms with E-state index in [1.807, 2.05) is 30.3 Å². The lowest BCUT2D eigenvalue weighted by Crippen LogP contribution is -2.44. The van der Waals surface area contributed by atoms with E-state index in [9.17, 15) is 0 Å². The summed E-state index contributed by atoms with van der Waals surface area (Å²) in [6.45, 7) is 0. The van der Waals surface area contributed by atoms with Gasteiger partial charge >= 0.3 is 0 Å². The normalized spacial score (nSPS) is 17.1. The molecule has 0 spiro atoms. The number of nitrogens with two attached hydrogens (primary N) is 1. The molecular weight excluding hydrogens is 252 g/mol. The summed E-state index contributed by atoms with van der Waals surface area (Å²) in [7, 11) is 0. The zero-order chi connectivity index (χ0) is 13.6. The number of aromatic nitrogens is 3. The minimum Gasteiger partial charge on any atom is -0.334 e. The summed E-state index contributed by atoms with van der Waals surface area (Å²) in [5.74, 6) is 1.09. The maximum Gasteiger partial charge on any atom is 0.260 e. The summed E-state index contributed by atoms with van der Waals surface area (Å²) >= 11 is 0. The van der Waals surface area contributed by atoms with Crippen LogP contribution in [-0.2, 0) is 5.54 Å². The first kappa shape index (κ1) is 11.5. The Morgan fingerprint density at radius 3 is 2.80 bits per heavy atom. The van der Waals surface area contributed by atoms with Crippen LogP contribution < -0.4 is 5.73 Å². The van der Waals surface area contributed by atoms with Crippen LogP contribution in [0.5, 0.6) is 0 Å². The maximum absolute atomic E-state index is 6.23. The Morgan fingerprint density at radius 1 is 1.15 bits per heavy atom. The molecule has 5 nitrogen and oxygen atoms in total. The first-order chi connectivity index (χ1) is 9.76. The SMILES string of the molecule is NC1(c2noc(-c3cccc4cccnc34)n2)CCC1. The molecule has 1 aliphatic rings. The highest BCUT2D eigenvalue weighted by Crippen LogP contribution is 2.38. The molecule has 0 unspecified atom stereocenters. The number of nitrogens with zero attached hydrogens (tertiary/aromatic N) is 3. The molecule has 4 rings (SSSR count). The monoisotopic (exact) mass is 266 g/mol. The summed E-state index contributed by atoms with van der Waals surface area (Å²) in [6.07, 6.45) is 4.72. The third kappa shape index (κ3) is 1.63.